The van der Waals surface area contributed by atoms with Crippen LogP contribution in [0.4, 0.5) is 0 Å². The van der Waals surface area contributed by atoms with Gasteiger partial charge in [0.25, 0.3) is 0 Å². The lowest BCUT2D eigenvalue weighted by Crippen LogP contribution is -3.13. The Hall–Kier alpha value is -1.99. The van der Waals surface area contributed by atoms with E-state index in [9.17, 15) is 9.59 Å². The molecule has 2 aliphatic heterocycles. The fourth-order valence-corrected chi connectivity index (χ4v) is 4.63. The number of likely N-dealkylation sites (tertiary alicyclic amines) is 1. The van der Waals surface area contributed by atoms with Gasteiger partial charge in [0.05, 0.1) is 42.9 Å². The molecule has 0 aliphatic carbocycles. The van der Waals surface area contributed by atoms with Crippen molar-refractivity contribution in [3.63, 3.8) is 0 Å². The molecule has 0 saturated carbocycles. The van der Waals surface area contributed by atoms with E-state index >= 15 is 0 Å². The Morgan fingerprint density at radius 1 is 1.20 bits per heavy atom. The Balaban J connectivity index is 1.29. The van der Waals surface area contributed by atoms with Gasteiger partial charge in [0.2, 0.25) is 11.8 Å². The van der Waals surface area contributed by atoms with Crippen LogP contribution in [-0.4, -0.2) is 65.9 Å². The number of thiazole rings is 1. The van der Waals surface area contributed by atoms with Gasteiger partial charge >= 0.3 is 0 Å². The fourth-order valence-electron chi connectivity index (χ4n) is 3.59. The minimum absolute atomic E-state index is 0.0919. The molecule has 1 aromatic carbocycles. The standard InChI is InChI=1S/C18H22N4O2S/c23-17-6-3-7-22(17)13-18(24)21-10-8-20(9-11-21)12-16-19-14-4-1-2-5-15(14)25-16/h1-2,4-5H,3,6-13H2/p+1. The Morgan fingerprint density at radius 2 is 2.00 bits per heavy atom. The Morgan fingerprint density at radius 3 is 2.72 bits per heavy atom. The van der Waals surface area contributed by atoms with Crippen LogP contribution in [0.15, 0.2) is 24.3 Å². The van der Waals surface area contributed by atoms with E-state index in [4.69, 9.17) is 4.98 Å². The van der Waals surface area contributed by atoms with Gasteiger partial charge in [0, 0.05) is 13.0 Å². The molecule has 25 heavy (non-hydrogen) atoms. The first-order valence-corrected chi connectivity index (χ1v) is 9.74. The molecule has 0 radical (unpaired) electrons. The summed E-state index contributed by atoms with van der Waals surface area (Å²) in [6.07, 6.45) is 1.47. The summed E-state index contributed by atoms with van der Waals surface area (Å²) < 4.78 is 1.24. The predicted octanol–water partition coefficient (Wildman–Crippen LogP) is 0.146. The molecule has 132 valence electrons. The second kappa shape index (κ2) is 7.09. The molecule has 4 rings (SSSR count). The van der Waals surface area contributed by atoms with Gasteiger partial charge in [-0.05, 0) is 18.6 Å². The third-order valence-corrected chi connectivity index (χ3v) is 6.10. The number of piperazine rings is 1. The number of quaternary nitrogens is 1. The number of rotatable bonds is 4. The lowest BCUT2D eigenvalue weighted by Gasteiger charge is -2.32. The third kappa shape index (κ3) is 3.67. The second-order valence-electron chi connectivity index (χ2n) is 6.80. The molecule has 2 amide bonds. The number of nitrogens with one attached hydrogen (secondary N) is 1. The van der Waals surface area contributed by atoms with Crippen LogP contribution in [0.1, 0.15) is 17.8 Å². The highest BCUT2D eigenvalue weighted by Gasteiger charge is 2.28. The first-order chi connectivity index (χ1) is 12.2. The zero-order chi connectivity index (χ0) is 17.2. The first-order valence-electron chi connectivity index (χ1n) is 8.92. The number of benzene rings is 1. The smallest absolute Gasteiger partial charge is 0.242 e. The minimum atomic E-state index is 0.0919. The van der Waals surface area contributed by atoms with Crippen molar-refractivity contribution in [1.29, 1.82) is 0 Å². The summed E-state index contributed by atoms with van der Waals surface area (Å²) in [5.41, 5.74) is 1.07. The van der Waals surface area contributed by atoms with Crippen LogP contribution < -0.4 is 4.90 Å². The number of para-hydroxylation sites is 1. The van der Waals surface area contributed by atoms with Crippen LogP contribution in [-0.2, 0) is 16.1 Å². The van der Waals surface area contributed by atoms with E-state index in [1.807, 2.05) is 17.0 Å². The molecule has 0 bridgehead atoms. The van der Waals surface area contributed by atoms with Crippen molar-refractivity contribution in [2.45, 2.75) is 19.4 Å². The monoisotopic (exact) mass is 359 g/mol. The van der Waals surface area contributed by atoms with E-state index in [0.717, 1.165) is 51.2 Å². The van der Waals surface area contributed by atoms with Crippen molar-refractivity contribution in [1.82, 2.24) is 14.8 Å². The summed E-state index contributed by atoms with van der Waals surface area (Å²) in [7, 11) is 0. The lowest BCUT2D eigenvalue weighted by molar-refractivity contribution is -0.917. The Kier molecular flexibility index (Phi) is 4.67. The number of hydrogen-bond donors (Lipinski definition) is 1. The highest BCUT2D eigenvalue weighted by atomic mass is 32.1. The predicted molar refractivity (Wildman–Crippen MR) is 96.4 cm³/mol. The molecule has 2 fully saturated rings. The topological polar surface area (TPSA) is 58.0 Å². The minimum Gasteiger partial charge on any atom is -0.333 e. The largest absolute Gasteiger partial charge is 0.333 e. The van der Waals surface area contributed by atoms with E-state index < -0.39 is 0 Å². The third-order valence-electron chi connectivity index (χ3n) is 5.06. The molecule has 2 saturated heterocycles. The maximum absolute atomic E-state index is 12.4. The van der Waals surface area contributed by atoms with Crippen molar-refractivity contribution in [2.24, 2.45) is 0 Å². The summed E-state index contributed by atoms with van der Waals surface area (Å²) in [5.74, 6) is 0.211. The summed E-state index contributed by atoms with van der Waals surface area (Å²) in [6, 6.07) is 8.24. The normalized spacial score (nSPS) is 19.1. The summed E-state index contributed by atoms with van der Waals surface area (Å²) in [5, 5.41) is 1.17. The highest BCUT2D eigenvalue weighted by Crippen LogP contribution is 2.20. The molecule has 6 nitrogen and oxygen atoms in total. The number of carbonyl (C=O) groups excluding carboxylic acids is 2. The number of nitrogens with zero attached hydrogens (tertiary/aromatic N) is 3. The van der Waals surface area contributed by atoms with Gasteiger partial charge in [0.15, 0.2) is 0 Å². The SMILES string of the molecule is O=C(CN1CCCC1=O)N1CC[NH+](Cc2nc3ccccc3s2)CC1. The van der Waals surface area contributed by atoms with Gasteiger partial charge in [-0.25, -0.2) is 4.98 Å². The maximum atomic E-state index is 12.4. The molecular weight excluding hydrogens is 336 g/mol. The van der Waals surface area contributed by atoms with Crippen LogP contribution in [0.2, 0.25) is 0 Å². The molecule has 7 heteroatoms. The van der Waals surface area contributed by atoms with Gasteiger partial charge in [-0.15, -0.1) is 11.3 Å². The molecule has 0 spiro atoms. The Labute approximate surface area is 151 Å². The van der Waals surface area contributed by atoms with Crippen molar-refractivity contribution >= 4 is 33.4 Å². The van der Waals surface area contributed by atoms with Crippen LogP contribution >= 0.6 is 11.3 Å². The molecule has 2 aliphatic rings. The summed E-state index contributed by atoms with van der Waals surface area (Å²) >= 11 is 1.76. The van der Waals surface area contributed by atoms with Crippen molar-refractivity contribution in [3.05, 3.63) is 29.3 Å². The van der Waals surface area contributed by atoms with E-state index in [1.165, 1.54) is 14.6 Å². The molecular formula is C18H23N4O2S+. The van der Waals surface area contributed by atoms with Crippen LogP contribution in [0, 0.1) is 0 Å². The maximum Gasteiger partial charge on any atom is 0.242 e. The molecule has 1 N–H and O–H groups in total. The number of amides is 2. The van der Waals surface area contributed by atoms with Gasteiger partial charge in [-0.2, -0.15) is 0 Å². The molecule has 0 unspecified atom stereocenters. The molecule has 2 aromatic rings. The average molecular weight is 359 g/mol. The molecule has 3 heterocycles. The van der Waals surface area contributed by atoms with Gasteiger partial charge < -0.3 is 14.7 Å². The summed E-state index contributed by atoms with van der Waals surface area (Å²) in [6.45, 7) is 5.32. The zero-order valence-electron chi connectivity index (χ0n) is 14.2. The van der Waals surface area contributed by atoms with Crippen molar-refractivity contribution < 1.29 is 14.5 Å². The Bertz CT molecular complexity index is 749. The number of fused-ring (bicyclic) bond motifs is 1. The van der Waals surface area contributed by atoms with E-state index in [2.05, 4.69) is 12.1 Å². The first kappa shape index (κ1) is 16.5. The molecule has 1 aromatic heterocycles. The molecule has 0 atom stereocenters. The van der Waals surface area contributed by atoms with Gasteiger partial charge in [-0.1, -0.05) is 12.1 Å². The van der Waals surface area contributed by atoms with Crippen LogP contribution in [0.5, 0.6) is 0 Å². The van der Waals surface area contributed by atoms with Crippen molar-refractivity contribution in [2.75, 3.05) is 39.3 Å². The average Bonchev–Trinajstić information content (AvgIpc) is 3.21. The second-order valence-corrected chi connectivity index (χ2v) is 7.92. The summed E-state index contributed by atoms with van der Waals surface area (Å²) in [4.78, 5) is 33.9. The van der Waals surface area contributed by atoms with E-state index in [1.54, 1.807) is 16.2 Å². The van der Waals surface area contributed by atoms with E-state index in [0.29, 0.717) is 6.42 Å². The zero-order valence-corrected chi connectivity index (χ0v) is 15.1. The number of aromatic nitrogens is 1. The van der Waals surface area contributed by atoms with Gasteiger partial charge in [0.1, 0.15) is 11.6 Å². The lowest BCUT2D eigenvalue weighted by atomic mass is 10.3. The van der Waals surface area contributed by atoms with Gasteiger partial charge in [-0.3, -0.25) is 9.59 Å². The van der Waals surface area contributed by atoms with Crippen LogP contribution in [0.25, 0.3) is 10.2 Å². The fraction of sp³-hybridized carbons (Fsp3) is 0.500. The quantitative estimate of drug-likeness (QED) is 0.845. The van der Waals surface area contributed by atoms with Crippen molar-refractivity contribution in [3.8, 4) is 0 Å². The number of hydrogen-bond acceptors (Lipinski definition) is 4. The van der Waals surface area contributed by atoms with Crippen LogP contribution in [0.3, 0.4) is 0 Å². The number of carbonyl (C=O) groups is 2. The highest BCUT2D eigenvalue weighted by molar-refractivity contribution is 7.18. The van der Waals surface area contributed by atoms with E-state index in [-0.39, 0.29) is 18.4 Å².